The highest BCUT2D eigenvalue weighted by Crippen LogP contribution is 2.22. The molecule has 3 aliphatic heterocycles. The number of piperazine rings is 1. The van der Waals surface area contributed by atoms with E-state index in [0.717, 1.165) is 12.8 Å². The van der Waals surface area contributed by atoms with Crippen molar-refractivity contribution in [3.63, 3.8) is 0 Å². The zero-order chi connectivity index (χ0) is 22.6. The minimum absolute atomic E-state index is 0.000126. The largest absolute Gasteiger partial charge is 0.444 e. The lowest BCUT2D eigenvalue weighted by Crippen LogP contribution is -2.57. The summed E-state index contributed by atoms with van der Waals surface area (Å²) in [5.74, 6) is -1.27. The van der Waals surface area contributed by atoms with E-state index in [0.29, 0.717) is 65.6 Å². The van der Waals surface area contributed by atoms with Gasteiger partial charge in [0.2, 0.25) is 5.91 Å². The van der Waals surface area contributed by atoms with Crippen molar-refractivity contribution in [2.75, 3.05) is 65.6 Å². The first-order valence-electron chi connectivity index (χ1n) is 11.1. The van der Waals surface area contributed by atoms with Gasteiger partial charge in [-0.2, -0.15) is 0 Å². The van der Waals surface area contributed by atoms with Gasteiger partial charge in [-0.1, -0.05) is 0 Å². The normalized spacial score (nSPS) is 22.9. The van der Waals surface area contributed by atoms with E-state index in [1.807, 2.05) is 20.8 Å². The van der Waals surface area contributed by atoms with E-state index in [9.17, 15) is 19.2 Å². The number of ether oxygens (including phenoxy) is 2. The number of rotatable bonds is 1. The standard InChI is InChI=1S/C21H34N4O6/c1-21(2,3)31-20(29)25-6-4-5-16(15-25)17(26)22-7-9-23(10-8-22)18(27)19(28)24-11-13-30-14-12-24/h16H,4-15H2,1-3H3. The fourth-order valence-electron chi connectivity index (χ4n) is 4.10. The van der Waals surface area contributed by atoms with Crippen molar-refractivity contribution in [2.45, 2.75) is 39.2 Å². The second kappa shape index (κ2) is 9.84. The molecule has 0 radical (unpaired) electrons. The maximum absolute atomic E-state index is 13.0. The first-order chi connectivity index (χ1) is 14.7. The van der Waals surface area contributed by atoms with E-state index in [1.54, 1.807) is 9.80 Å². The molecule has 4 amide bonds. The maximum Gasteiger partial charge on any atom is 0.410 e. The lowest BCUT2D eigenvalue weighted by molar-refractivity contribution is -0.156. The Kier molecular flexibility index (Phi) is 7.40. The van der Waals surface area contributed by atoms with E-state index >= 15 is 0 Å². The van der Waals surface area contributed by atoms with Crippen LogP contribution < -0.4 is 0 Å². The molecule has 3 fully saturated rings. The molecule has 174 valence electrons. The fraction of sp³-hybridized carbons (Fsp3) is 0.810. The average molecular weight is 439 g/mol. The van der Waals surface area contributed by atoms with Crippen LogP contribution in [0.5, 0.6) is 0 Å². The molecule has 3 aliphatic rings. The summed E-state index contributed by atoms with van der Waals surface area (Å²) in [7, 11) is 0. The van der Waals surface area contributed by atoms with Gasteiger partial charge in [0.25, 0.3) is 0 Å². The summed E-state index contributed by atoms with van der Waals surface area (Å²) in [6.07, 6.45) is 1.09. The highest BCUT2D eigenvalue weighted by Gasteiger charge is 2.36. The van der Waals surface area contributed by atoms with Gasteiger partial charge < -0.3 is 29.1 Å². The molecular weight excluding hydrogens is 404 g/mol. The smallest absolute Gasteiger partial charge is 0.410 e. The highest BCUT2D eigenvalue weighted by atomic mass is 16.6. The summed E-state index contributed by atoms with van der Waals surface area (Å²) in [6, 6.07) is 0. The van der Waals surface area contributed by atoms with Crippen LogP contribution in [-0.2, 0) is 23.9 Å². The zero-order valence-electron chi connectivity index (χ0n) is 18.8. The van der Waals surface area contributed by atoms with Gasteiger partial charge in [-0.05, 0) is 33.6 Å². The van der Waals surface area contributed by atoms with Gasteiger partial charge in [-0.15, -0.1) is 0 Å². The second-order valence-corrected chi connectivity index (χ2v) is 9.29. The predicted molar refractivity (Wildman–Crippen MR) is 111 cm³/mol. The molecule has 0 saturated carbocycles. The van der Waals surface area contributed by atoms with E-state index in [1.165, 1.54) is 9.80 Å². The number of amides is 4. The number of likely N-dealkylation sites (tertiary alicyclic amines) is 1. The third-order valence-electron chi connectivity index (χ3n) is 5.78. The molecule has 1 atom stereocenters. The van der Waals surface area contributed by atoms with Crippen molar-refractivity contribution in [3.8, 4) is 0 Å². The third kappa shape index (κ3) is 6.09. The number of nitrogens with zero attached hydrogens (tertiary/aromatic N) is 4. The van der Waals surface area contributed by atoms with Gasteiger partial charge >= 0.3 is 17.9 Å². The number of morpholine rings is 1. The lowest BCUT2D eigenvalue weighted by atomic mass is 9.96. The van der Waals surface area contributed by atoms with Crippen LogP contribution in [0.15, 0.2) is 0 Å². The summed E-state index contributed by atoms with van der Waals surface area (Å²) in [4.78, 5) is 56.7. The Balaban J connectivity index is 1.48. The first-order valence-corrected chi connectivity index (χ1v) is 11.1. The molecule has 10 heteroatoms. The number of hydrogen-bond donors (Lipinski definition) is 0. The topological polar surface area (TPSA) is 99.7 Å². The summed E-state index contributed by atoms with van der Waals surface area (Å²) in [6.45, 7) is 9.61. The Morgan fingerprint density at radius 1 is 0.774 bits per heavy atom. The summed E-state index contributed by atoms with van der Waals surface area (Å²) in [5.41, 5.74) is -0.574. The Bertz CT molecular complexity index is 692. The Morgan fingerprint density at radius 2 is 1.32 bits per heavy atom. The van der Waals surface area contributed by atoms with Crippen molar-refractivity contribution < 1.29 is 28.7 Å². The summed E-state index contributed by atoms with van der Waals surface area (Å²) >= 11 is 0. The van der Waals surface area contributed by atoms with Gasteiger partial charge in [0.15, 0.2) is 0 Å². The van der Waals surface area contributed by atoms with Crippen molar-refractivity contribution >= 4 is 23.8 Å². The molecule has 3 rings (SSSR count). The number of carbonyl (C=O) groups excluding carboxylic acids is 4. The van der Waals surface area contributed by atoms with Crippen molar-refractivity contribution in [3.05, 3.63) is 0 Å². The molecule has 0 aromatic heterocycles. The molecule has 0 aromatic rings. The number of hydrogen-bond acceptors (Lipinski definition) is 6. The van der Waals surface area contributed by atoms with Crippen LogP contribution in [0.25, 0.3) is 0 Å². The zero-order valence-corrected chi connectivity index (χ0v) is 18.8. The van der Waals surface area contributed by atoms with Gasteiger partial charge in [0, 0.05) is 52.4 Å². The van der Waals surface area contributed by atoms with E-state index in [4.69, 9.17) is 9.47 Å². The maximum atomic E-state index is 13.0. The van der Waals surface area contributed by atoms with Crippen LogP contribution in [0.2, 0.25) is 0 Å². The molecule has 10 nitrogen and oxygen atoms in total. The minimum atomic E-state index is -0.574. The monoisotopic (exact) mass is 438 g/mol. The van der Waals surface area contributed by atoms with Gasteiger partial charge in [-0.25, -0.2) is 4.79 Å². The van der Waals surface area contributed by atoms with E-state index < -0.39 is 17.4 Å². The lowest BCUT2D eigenvalue weighted by Gasteiger charge is -2.39. The first kappa shape index (κ1) is 23.3. The molecule has 0 N–H and O–H groups in total. The Morgan fingerprint density at radius 3 is 1.90 bits per heavy atom. The SMILES string of the molecule is CC(C)(C)OC(=O)N1CCCC(C(=O)N2CCN(C(=O)C(=O)N3CCOCC3)CC2)C1. The van der Waals surface area contributed by atoms with Crippen LogP contribution in [0.4, 0.5) is 4.79 Å². The second-order valence-electron chi connectivity index (χ2n) is 9.29. The molecule has 0 bridgehead atoms. The van der Waals surface area contributed by atoms with Crippen LogP contribution >= 0.6 is 0 Å². The van der Waals surface area contributed by atoms with Crippen LogP contribution in [0.1, 0.15) is 33.6 Å². The highest BCUT2D eigenvalue weighted by molar-refractivity contribution is 6.34. The summed E-state index contributed by atoms with van der Waals surface area (Å²) in [5, 5.41) is 0. The average Bonchev–Trinajstić information content (AvgIpc) is 2.77. The number of carbonyl (C=O) groups is 4. The number of piperidine rings is 1. The molecule has 3 heterocycles. The molecule has 3 saturated heterocycles. The van der Waals surface area contributed by atoms with Crippen molar-refractivity contribution in [1.82, 2.24) is 19.6 Å². The molecular formula is C21H34N4O6. The fourth-order valence-corrected chi connectivity index (χ4v) is 4.10. The van der Waals surface area contributed by atoms with Gasteiger partial charge in [0.05, 0.1) is 19.1 Å². The third-order valence-corrected chi connectivity index (χ3v) is 5.78. The Hall–Kier alpha value is -2.36. The molecule has 0 aliphatic carbocycles. The van der Waals surface area contributed by atoms with Crippen molar-refractivity contribution in [1.29, 1.82) is 0 Å². The van der Waals surface area contributed by atoms with Crippen LogP contribution in [0, 0.1) is 5.92 Å². The van der Waals surface area contributed by atoms with Crippen molar-refractivity contribution in [2.24, 2.45) is 5.92 Å². The quantitative estimate of drug-likeness (QED) is 0.541. The summed E-state index contributed by atoms with van der Waals surface area (Å²) < 4.78 is 10.7. The van der Waals surface area contributed by atoms with Gasteiger partial charge in [0.1, 0.15) is 5.60 Å². The van der Waals surface area contributed by atoms with Crippen LogP contribution in [-0.4, -0.2) is 115 Å². The van der Waals surface area contributed by atoms with Gasteiger partial charge in [-0.3, -0.25) is 14.4 Å². The minimum Gasteiger partial charge on any atom is -0.444 e. The molecule has 0 aromatic carbocycles. The Labute approximate surface area is 183 Å². The molecule has 1 unspecified atom stereocenters. The van der Waals surface area contributed by atoms with Crippen LogP contribution in [0.3, 0.4) is 0 Å². The predicted octanol–water partition coefficient (Wildman–Crippen LogP) is 0.163. The van der Waals surface area contributed by atoms with E-state index in [2.05, 4.69) is 0 Å². The molecule has 31 heavy (non-hydrogen) atoms. The van der Waals surface area contributed by atoms with E-state index in [-0.39, 0.29) is 17.9 Å². The molecule has 0 spiro atoms.